The van der Waals surface area contributed by atoms with E-state index in [4.69, 9.17) is 11.6 Å². The molecule has 0 bridgehead atoms. The van der Waals surface area contributed by atoms with E-state index in [2.05, 4.69) is 14.7 Å². The second-order valence-corrected chi connectivity index (χ2v) is 4.31. The van der Waals surface area contributed by atoms with Crippen molar-refractivity contribution in [1.82, 2.24) is 10.1 Å². The van der Waals surface area contributed by atoms with Crippen molar-refractivity contribution >= 4 is 11.6 Å². The maximum Gasteiger partial charge on any atom is 0.264 e. The van der Waals surface area contributed by atoms with Crippen LogP contribution < -0.4 is 0 Å². The standard InChI is InChI=1S/C11H6ClF5N2O/c1-2-3(12)10-18-11(20-19-10)4-5(13)7(15)9(17)8(16)6(4)14/h3H,2H2,1H3. The van der Waals surface area contributed by atoms with Crippen LogP contribution in [0.25, 0.3) is 11.5 Å². The van der Waals surface area contributed by atoms with Crippen molar-refractivity contribution in [2.75, 3.05) is 0 Å². The van der Waals surface area contributed by atoms with Crippen molar-refractivity contribution in [2.24, 2.45) is 0 Å². The Bertz CT molecular complexity index is 631. The van der Waals surface area contributed by atoms with Crippen LogP contribution in [0, 0.1) is 29.1 Å². The molecule has 0 radical (unpaired) electrons. The molecule has 108 valence electrons. The number of hydrogen-bond acceptors (Lipinski definition) is 3. The van der Waals surface area contributed by atoms with Crippen LogP contribution in [0.2, 0.25) is 0 Å². The van der Waals surface area contributed by atoms with Crippen molar-refractivity contribution in [3.8, 4) is 11.5 Å². The highest BCUT2D eigenvalue weighted by Gasteiger charge is 2.30. The maximum absolute atomic E-state index is 13.5. The summed E-state index contributed by atoms with van der Waals surface area (Å²) in [5.41, 5.74) is -1.28. The summed E-state index contributed by atoms with van der Waals surface area (Å²) in [5, 5.41) is 2.64. The molecule has 0 fully saturated rings. The van der Waals surface area contributed by atoms with Gasteiger partial charge in [-0.05, 0) is 6.42 Å². The highest BCUT2D eigenvalue weighted by molar-refractivity contribution is 6.20. The summed E-state index contributed by atoms with van der Waals surface area (Å²) in [7, 11) is 0. The molecule has 0 spiro atoms. The van der Waals surface area contributed by atoms with Gasteiger partial charge < -0.3 is 4.52 Å². The van der Waals surface area contributed by atoms with Crippen LogP contribution in [0.5, 0.6) is 0 Å². The van der Waals surface area contributed by atoms with Crippen LogP contribution in [0.3, 0.4) is 0 Å². The third-order valence-electron chi connectivity index (χ3n) is 2.50. The van der Waals surface area contributed by atoms with Gasteiger partial charge in [0.15, 0.2) is 29.1 Å². The molecule has 1 unspecified atom stereocenters. The van der Waals surface area contributed by atoms with Crippen LogP contribution in [-0.4, -0.2) is 10.1 Å². The van der Waals surface area contributed by atoms with Crippen LogP contribution in [0.1, 0.15) is 24.5 Å². The zero-order valence-electron chi connectivity index (χ0n) is 9.85. The van der Waals surface area contributed by atoms with E-state index in [0.29, 0.717) is 6.42 Å². The largest absolute Gasteiger partial charge is 0.334 e. The molecule has 0 N–H and O–H groups in total. The molecular formula is C11H6ClF5N2O. The second kappa shape index (κ2) is 5.35. The molecule has 3 nitrogen and oxygen atoms in total. The lowest BCUT2D eigenvalue weighted by Gasteiger charge is -2.04. The molecule has 2 rings (SSSR count). The Labute approximate surface area is 114 Å². The molecule has 1 heterocycles. The molecule has 9 heteroatoms. The van der Waals surface area contributed by atoms with Gasteiger partial charge in [-0.2, -0.15) is 4.98 Å². The van der Waals surface area contributed by atoms with Crippen molar-refractivity contribution in [2.45, 2.75) is 18.7 Å². The molecule has 0 aliphatic carbocycles. The predicted octanol–water partition coefficient (Wildman–Crippen LogP) is 4.12. The summed E-state index contributed by atoms with van der Waals surface area (Å²) in [6, 6.07) is 0. The first-order valence-corrected chi connectivity index (χ1v) is 5.81. The number of nitrogens with zero attached hydrogens (tertiary/aromatic N) is 2. The Morgan fingerprint density at radius 1 is 1.00 bits per heavy atom. The van der Waals surface area contributed by atoms with E-state index in [-0.39, 0.29) is 5.82 Å². The molecule has 0 aliphatic rings. The summed E-state index contributed by atoms with van der Waals surface area (Å²) >= 11 is 5.78. The Morgan fingerprint density at radius 2 is 1.50 bits per heavy atom. The minimum atomic E-state index is -2.26. The number of rotatable bonds is 3. The third-order valence-corrected chi connectivity index (χ3v) is 3.01. The van der Waals surface area contributed by atoms with Gasteiger partial charge in [-0.3, -0.25) is 0 Å². The van der Waals surface area contributed by atoms with Crippen LogP contribution >= 0.6 is 11.6 Å². The van der Waals surface area contributed by atoms with E-state index < -0.39 is 45.9 Å². The highest BCUT2D eigenvalue weighted by Crippen LogP contribution is 2.31. The number of aromatic nitrogens is 2. The topological polar surface area (TPSA) is 38.9 Å². The summed E-state index contributed by atoms with van der Waals surface area (Å²) < 4.78 is 70.5. The molecule has 2 aromatic rings. The third kappa shape index (κ3) is 2.24. The Balaban J connectivity index is 2.61. The molecule has 0 aliphatic heterocycles. The lowest BCUT2D eigenvalue weighted by Crippen LogP contribution is -2.04. The quantitative estimate of drug-likeness (QED) is 0.370. The van der Waals surface area contributed by atoms with Crippen molar-refractivity contribution in [3.63, 3.8) is 0 Å². The van der Waals surface area contributed by atoms with Crippen LogP contribution in [0.4, 0.5) is 22.0 Å². The molecule has 0 amide bonds. The fourth-order valence-electron chi connectivity index (χ4n) is 1.44. The fraction of sp³-hybridized carbons (Fsp3) is 0.273. The average molecular weight is 313 g/mol. The highest BCUT2D eigenvalue weighted by atomic mass is 35.5. The monoisotopic (exact) mass is 312 g/mol. The van der Waals surface area contributed by atoms with Gasteiger partial charge in [0.05, 0.1) is 5.38 Å². The van der Waals surface area contributed by atoms with Gasteiger partial charge in [0.1, 0.15) is 5.56 Å². The van der Waals surface area contributed by atoms with E-state index in [0.717, 1.165) is 0 Å². The van der Waals surface area contributed by atoms with Gasteiger partial charge in [-0.15, -0.1) is 11.6 Å². The van der Waals surface area contributed by atoms with Gasteiger partial charge >= 0.3 is 0 Å². The lowest BCUT2D eigenvalue weighted by atomic mass is 10.1. The van der Waals surface area contributed by atoms with Crippen molar-refractivity contribution in [3.05, 3.63) is 34.9 Å². The predicted molar refractivity (Wildman–Crippen MR) is 58.4 cm³/mol. The minimum Gasteiger partial charge on any atom is -0.334 e. The van der Waals surface area contributed by atoms with Crippen LogP contribution in [0.15, 0.2) is 4.52 Å². The second-order valence-electron chi connectivity index (χ2n) is 3.78. The summed E-state index contributed by atoms with van der Waals surface area (Å²) in [5.74, 6) is -11.4. The van der Waals surface area contributed by atoms with Gasteiger partial charge in [0.25, 0.3) is 5.89 Å². The molecule has 0 saturated carbocycles. The zero-order chi connectivity index (χ0) is 15.0. The molecule has 1 aromatic carbocycles. The summed E-state index contributed by atoms with van der Waals surface area (Å²) in [4.78, 5) is 3.54. The normalized spacial score (nSPS) is 12.8. The smallest absolute Gasteiger partial charge is 0.264 e. The van der Waals surface area contributed by atoms with Crippen molar-refractivity contribution < 1.29 is 26.5 Å². The lowest BCUT2D eigenvalue weighted by molar-refractivity contribution is 0.372. The van der Waals surface area contributed by atoms with Gasteiger partial charge in [0.2, 0.25) is 5.82 Å². The SMILES string of the molecule is CCC(Cl)c1noc(-c2c(F)c(F)c(F)c(F)c2F)n1. The van der Waals surface area contributed by atoms with Gasteiger partial charge in [-0.25, -0.2) is 22.0 Å². The van der Waals surface area contributed by atoms with E-state index >= 15 is 0 Å². The number of alkyl halides is 1. The first-order valence-electron chi connectivity index (χ1n) is 5.37. The Morgan fingerprint density at radius 3 is 2.00 bits per heavy atom. The van der Waals surface area contributed by atoms with E-state index in [1.54, 1.807) is 6.92 Å². The minimum absolute atomic E-state index is 0.104. The molecule has 1 atom stereocenters. The number of halogens is 6. The fourth-order valence-corrected chi connectivity index (χ4v) is 1.53. The van der Waals surface area contributed by atoms with Gasteiger partial charge in [0, 0.05) is 0 Å². The average Bonchev–Trinajstić information content (AvgIpc) is 2.92. The van der Waals surface area contributed by atoms with Gasteiger partial charge in [-0.1, -0.05) is 12.1 Å². The van der Waals surface area contributed by atoms with E-state index in [9.17, 15) is 22.0 Å². The van der Waals surface area contributed by atoms with E-state index in [1.807, 2.05) is 0 Å². The molecule has 0 saturated heterocycles. The number of hydrogen-bond donors (Lipinski definition) is 0. The first kappa shape index (κ1) is 14.7. The zero-order valence-corrected chi connectivity index (χ0v) is 10.6. The Hall–Kier alpha value is -1.70. The van der Waals surface area contributed by atoms with E-state index in [1.165, 1.54) is 0 Å². The molecule has 20 heavy (non-hydrogen) atoms. The summed E-state index contributed by atoms with van der Waals surface area (Å²) in [6.07, 6.45) is 0.387. The number of benzene rings is 1. The first-order chi connectivity index (χ1) is 9.38. The van der Waals surface area contributed by atoms with Crippen LogP contribution in [-0.2, 0) is 0 Å². The molecule has 1 aromatic heterocycles. The van der Waals surface area contributed by atoms with Crippen molar-refractivity contribution in [1.29, 1.82) is 0 Å². The maximum atomic E-state index is 13.5. The Kier molecular flexibility index (Phi) is 3.94. The molecular weight excluding hydrogens is 307 g/mol. The summed E-state index contributed by atoms with van der Waals surface area (Å²) in [6.45, 7) is 1.69.